The van der Waals surface area contributed by atoms with Crippen LogP contribution >= 0.6 is 0 Å². The Kier molecular flexibility index (Phi) is 4.35. The minimum atomic E-state index is -0.494. The first-order chi connectivity index (χ1) is 9.78. The van der Waals surface area contributed by atoms with Crippen molar-refractivity contribution in [2.24, 2.45) is 0 Å². The molecule has 0 heterocycles. The quantitative estimate of drug-likeness (QED) is 0.835. The van der Waals surface area contributed by atoms with Crippen molar-refractivity contribution in [1.29, 1.82) is 0 Å². The van der Waals surface area contributed by atoms with E-state index < -0.39 is 5.60 Å². The number of ether oxygens (including phenoxy) is 1. The van der Waals surface area contributed by atoms with Gasteiger partial charge in [-0.15, -0.1) is 0 Å². The average molecular weight is 289 g/mol. The largest absolute Gasteiger partial charge is 0.444 e. The molecule has 0 radical (unpaired) electrons. The van der Waals surface area contributed by atoms with E-state index in [0.717, 1.165) is 17.5 Å². The molecule has 0 aliphatic heterocycles. The highest BCUT2D eigenvalue weighted by Gasteiger charge is 2.28. The average Bonchev–Trinajstić information content (AvgIpc) is 2.40. The summed E-state index contributed by atoms with van der Waals surface area (Å²) in [4.78, 5) is 25.6. The van der Waals surface area contributed by atoms with Crippen molar-refractivity contribution in [3.05, 3.63) is 35.4 Å². The molecule has 4 heteroatoms. The minimum Gasteiger partial charge on any atom is -0.444 e. The van der Waals surface area contributed by atoms with Gasteiger partial charge in [-0.25, -0.2) is 4.79 Å². The number of benzene rings is 1. The number of carbonyl (C=O) groups is 2. The summed E-state index contributed by atoms with van der Waals surface area (Å²) in [6.45, 7) is 6.13. The molecule has 0 saturated carbocycles. The summed E-state index contributed by atoms with van der Waals surface area (Å²) < 4.78 is 5.37. The summed E-state index contributed by atoms with van der Waals surface area (Å²) in [6.07, 6.45) is 1.00. The predicted octanol–water partition coefficient (Wildman–Crippen LogP) is 3.61. The van der Waals surface area contributed by atoms with Gasteiger partial charge in [-0.3, -0.25) is 4.79 Å². The SMILES string of the molecule is CN(CC1CCC(=O)c2ccccc21)C(=O)OC(C)(C)C. The van der Waals surface area contributed by atoms with Gasteiger partial charge >= 0.3 is 6.09 Å². The van der Waals surface area contributed by atoms with Gasteiger partial charge in [0.05, 0.1) is 0 Å². The molecule has 1 aromatic rings. The molecule has 114 valence electrons. The number of fused-ring (bicyclic) bond motifs is 1. The standard InChI is InChI=1S/C17H23NO3/c1-17(2,3)21-16(20)18(4)11-12-9-10-15(19)14-8-6-5-7-13(12)14/h5-8,12H,9-11H2,1-4H3. The second-order valence-corrected chi connectivity index (χ2v) is 6.61. The van der Waals surface area contributed by atoms with E-state index in [2.05, 4.69) is 0 Å². The number of amides is 1. The second kappa shape index (κ2) is 5.88. The Morgan fingerprint density at radius 1 is 1.33 bits per heavy atom. The fraction of sp³-hybridized carbons (Fsp3) is 0.529. The van der Waals surface area contributed by atoms with Crippen molar-refractivity contribution < 1.29 is 14.3 Å². The lowest BCUT2D eigenvalue weighted by Gasteiger charge is -2.30. The van der Waals surface area contributed by atoms with Crippen LogP contribution in [-0.4, -0.2) is 36.0 Å². The van der Waals surface area contributed by atoms with Gasteiger partial charge in [0.1, 0.15) is 5.60 Å². The fourth-order valence-electron chi connectivity index (χ4n) is 2.64. The van der Waals surface area contributed by atoms with Gasteiger partial charge in [0, 0.05) is 31.5 Å². The first-order valence-electron chi connectivity index (χ1n) is 7.34. The number of hydrogen-bond donors (Lipinski definition) is 0. The van der Waals surface area contributed by atoms with E-state index in [1.165, 1.54) is 0 Å². The van der Waals surface area contributed by atoms with Gasteiger partial charge < -0.3 is 9.64 Å². The van der Waals surface area contributed by atoms with Crippen molar-refractivity contribution in [2.45, 2.75) is 45.1 Å². The Morgan fingerprint density at radius 3 is 2.67 bits per heavy atom. The monoisotopic (exact) mass is 289 g/mol. The molecule has 0 bridgehead atoms. The predicted molar refractivity (Wildman–Crippen MR) is 81.6 cm³/mol. The molecular weight excluding hydrogens is 266 g/mol. The van der Waals surface area contributed by atoms with Gasteiger partial charge in [0.25, 0.3) is 0 Å². The maximum atomic E-state index is 12.0. The van der Waals surface area contributed by atoms with E-state index >= 15 is 0 Å². The fourth-order valence-corrected chi connectivity index (χ4v) is 2.64. The molecule has 1 atom stereocenters. The van der Waals surface area contributed by atoms with Crippen LogP contribution in [0.4, 0.5) is 4.79 Å². The Bertz CT molecular complexity index is 545. The van der Waals surface area contributed by atoms with Gasteiger partial charge in [-0.1, -0.05) is 24.3 Å². The molecular formula is C17H23NO3. The lowest BCUT2D eigenvalue weighted by atomic mass is 9.82. The molecule has 4 nitrogen and oxygen atoms in total. The molecule has 21 heavy (non-hydrogen) atoms. The lowest BCUT2D eigenvalue weighted by molar-refractivity contribution is 0.0286. The van der Waals surface area contributed by atoms with Crippen LogP contribution in [0.25, 0.3) is 0 Å². The van der Waals surface area contributed by atoms with Gasteiger partial charge in [-0.2, -0.15) is 0 Å². The number of rotatable bonds is 2. The highest BCUT2D eigenvalue weighted by molar-refractivity contribution is 5.98. The van der Waals surface area contributed by atoms with E-state index in [0.29, 0.717) is 13.0 Å². The van der Waals surface area contributed by atoms with Crippen LogP contribution in [0.5, 0.6) is 0 Å². The van der Waals surface area contributed by atoms with Crippen molar-refractivity contribution in [2.75, 3.05) is 13.6 Å². The van der Waals surface area contributed by atoms with E-state index in [9.17, 15) is 9.59 Å². The van der Waals surface area contributed by atoms with Crippen molar-refractivity contribution in [1.82, 2.24) is 4.90 Å². The zero-order valence-electron chi connectivity index (χ0n) is 13.2. The number of carbonyl (C=O) groups excluding carboxylic acids is 2. The number of ketones is 1. The molecule has 1 aliphatic rings. The Balaban J connectivity index is 2.09. The molecule has 0 fully saturated rings. The van der Waals surface area contributed by atoms with E-state index in [4.69, 9.17) is 4.74 Å². The van der Waals surface area contributed by atoms with Gasteiger partial charge in [-0.05, 0) is 32.8 Å². The molecule has 0 N–H and O–H groups in total. The number of Topliss-reactive ketones (excluding diaryl/α,β-unsaturated/α-hetero) is 1. The normalized spacial score (nSPS) is 18.1. The maximum Gasteiger partial charge on any atom is 0.410 e. The summed E-state index contributed by atoms with van der Waals surface area (Å²) >= 11 is 0. The molecule has 0 spiro atoms. The molecule has 0 saturated heterocycles. The summed E-state index contributed by atoms with van der Waals surface area (Å²) in [5, 5.41) is 0. The van der Waals surface area contributed by atoms with Crippen LogP contribution in [0.2, 0.25) is 0 Å². The zero-order chi connectivity index (χ0) is 15.6. The van der Waals surface area contributed by atoms with Crippen LogP contribution in [0, 0.1) is 0 Å². The topological polar surface area (TPSA) is 46.6 Å². The molecule has 1 aliphatic carbocycles. The third kappa shape index (κ3) is 3.84. The Hall–Kier alpha value is -1.84. The third-order valence-electron chi connectivity index (χ3n) is 3.62. The van der Waals surface area contributed by atoms with Crippen LogP contribution < -0.4 is 0 Å². The highest BCUT2D eigenvalue weighted by Crippen LogP contribution is 2.32. The number of likely N-dealkylation sites (N-methyl/N-ethyl adjacent to an activating group) is 1. The Morgan fingerprint density at radius 2 is 2.00 bits per heavy atom. The molecule has 0 aromatic heterocycles. The third-order valence-corrected chi connectivity index (χ3v) is 3.62. The van der Waals surface area contributed by atoms with E-state index in [1.807, 2.05) is 45.0 Å². The zero-order valence-corrected chi connectivity index (χ0v) is 13.2. The Labute approximate surface area is 126 Å². The van der Waals surface area contributed by atoms with Crippen LogP contribution in [0.1, 0.15) is 55.5 Å². The van der Waals surface area contributed by atoms with Crippen LogP contribution in [0.3, 0.4) is 0 Å². The smallest absolute Gasteiger partial charge is 0.410 e. The number of hydrogen-bond acceptors (Lipinski definition) is 3. The van der Waals surface area contributed by atoms with Gasteiger partial charge in [0.15, 0.2) is 5.78 Å². The lowest BCUT2D eigenvalue weighted by Crippen LogP contribution is -2.37. The van der Waals surface area contributed by atoms with E-state index in [-0.39, 0.29) is 17.8 Å². The van der Waals surface area contributed by atoms with E-state index in [1.54, 1.807) is 11.9 Å². The molecule has 1 unspecified atom stereocenters. The van der Waals surface area contributed by atoms with Crippen molar-refractivity contribution in [3.8, 4) is 0 Å². The molecule has 1 amide bonds. The van der Waals surface area contributed by atoms with Gasteiger partial charge in [0.2, 0.25) is 0 Å². The molecule has 2 rings (SSSR count). The summed E-state index contributed by atoms with van der Waals surface area (Å²) in [6, 6.07) is 7.69. The first kappa shape index (κ1) is 15.5. The second-order valence-electron chi connectivity index (χ2n) is 6.61. The van der Waals surface area contributed by atoms with Crippen molar-refractivity contribution in [3.63, 3.8) is 0 Å². The van der Waals surface area contributed by atoms with Crippen LogP contribution in [0.15, 0.2) is 24.3 Å². The van der Waals surface area contributed by atoms with Crippen LogP contribution in [-0.2, 0) is 4.74 Å². The minimum absolute atomic E-state index is 0.191. The summed E-state index contributed by atoms with van der Waals surface area (Å²) in [5.74, 6) is 0.387. The number of nitrogens with zero attached hydrogens (tertiary/aromatic N) is 1. The summed E-state index contributed by atoms with van der Waals surface area (Å²) in [5.41, 5.74) is 1.35. The maximum absolute atomic E-state index is 12.0. The highest BCUT2D eigenvalue weighted by atomic mass is 16.6. The molecule has 1 aromatic carbocycles. The first-order valence-corrected chi connectivity index (χ1v) is 7.34. The van der Waals surface area contributed by atoms with Crippen molar-refractivity contribution >= 4 is 11.9 Å². The summed E-state index contributed by atoms with van der Waals surface area (Å²) in [7, 11) is 1.74.